The van der Waals surface area contributed by atoms with Crippen LogP contribution in [-0.4, -0.2) is 16.3 Å². The summed E-state index contributed by atoms with van der Waals surface area (Å²) in [5.74, 6) is 1.22. The summed E-state index contributed by atoms with van der Waals surface area (Å²) < 4.78 is 1.77. The Hall–Kier alpha value is -1.45. The average molecular weight is 194 g/mol. The van der Waals surface area contributed by atoms with Crippen LogP contribution in [-0.2, 0) is 7.05 Å². The Bertz CT molecular complexity index is 325. The number of nitrogen functional groups attached to an aromatic ring is 1. The smallest absolute Gasteiger partial charge is 0.148 e. The van der Waals surface area contributed by atoms with Gasteiger partial charge in [0.2, 0.25) is 0 Å². The molecule has 1 aromatic heterocycles. The molecule has 4 nitrogen and oxygen atoms in total. The first-order chi connectivity index (χ1) is 6.57. The van der Waals surface area contributed by atoms with Gasteiger partial charge < -0.3 is 11.1 Å². The fourth-order valence-corrected chi connectivity index (χ4v) is 1.37. The molecule has 0 radical (unpaired) electrons. The molecular formula is C10H18N4. The average Bonchev–Trinajstić information content (AvgIpc) is 2.40. The number of aromatic nitrogens is 2. The summed E-state index contributed by atoms with van der Waals surface area (Å²) in [5, 5.41) is 7.52. The number of hydrogen-bond acceptors (Lipinski definition) is 3. The quantitative estimate of drug-likeness (QED) is 0.718. The van der Waals surface area contributed by atoms with E-state index in [2.05, 4.69) is 30.8 Å². The highest BCUT2D eigenvalue weighted by Crippen LogP contribution is 2.27. The lowest BCUT2D eigenvalue weighted by molar-refractivity contribution is 0.716. The van der Waals surface area contributed by atoms with Crippen molar-refractivity contribution in [1.29, 1.82) is 0 Å². The molecule has 0 spiro atoms. The third kappa shape index (κ3) is 1.89. The molecule has 0 aliphatic carbocycles. The molecule has 0 saturated heterocycles. The molecule has 0 saturated carbocycles. The van der Waals surface area contributed by atoms with Gasteiger partial charge in [0.15, 0.2) is 0 Å². The van der Waals surface area contributed by atoms with Crippen molar-refractivity contribution in [1.82, 2.24) is 9.78 Å². The van der Waals surface area contributed by atoms with Crippen molar-refractivity contribution >= 4 is 11.5 Å². The van der Waals surface area contributed by atoms with Crippen molar-refractivity contribution in [3.8, 4) is 0 Å². The summed E-state index contributed by atoms with van der Waals surface area (Å²) in [5.41, 5.74) is 7.65. The monoisotopic (exact) mass is 194 g/mol. The molecule has 0 fully saturated rings. The SMILES string of the molecule is C=CCNc1c(N)c(C(C)C)nn1C. The van der Waals surface area contributed by atoms with Gasteiger partial charge in [0.25, 0.3) is 0 Å². The van der Waals surface area contributed by atoms with Gasteiger partial charge >= 0.3 is 0 Å². The summed E-state index contributed by atoms with van der Waals surface area (Å²) in [7, 11) is 1.88. The largest absolute Gasteiger partial charge is 0.394 e. The van der Waals surface area contributed by atoms with Crippen LogP contribution in [0.2, 0.25) is 0 Å². The minimum Gasteiger partial charge on any atom is -0.394 e. The molecule has 0 bridgehead atoms. The molecular weight excluding hydrogens is 176 g/mol. The summed E-state index contributed by atoms with van der Waals surface area (Å²) in [6.45, 7) is 8.50. The Morgan fingerprint density at radius 1 is 1.64 bits per heavy atom. The maximum absolute atomic E-state index is 5.97. The van der Waals surface area contributed by atoms with Gasteiger partial charge in [0, 0.05) is 13.6 Å². The molecule has 0 atom stereocenters. The minimum atomic E-state index is 0.348. The molecule has 1 rings (SSSR count). The number of nitrogens with two attached hydrogens (primary N) is 1. The first-order valence-electron chi connectivity index (χ1n) is 4.75. The predicted octanol–water partition coefficient (Wildman–Crippen LogP) is 1.72. The highest BCUT2D eigenvalue weighted by molar-refractivity contribution is 5.65. The van der Waals surface area contributed by atoms with E-state index in [1.54, 1.807) is 10.8 Å². The van der Waals surface area contributed by atoms with Crippen molar-refractivity contribution in [3.63, 3.8) is 0 Å². The zero-order valence-electron chi connectivity index (χ0n) is 9.04. The molecule has 78 valence electrons. The molecule has 1 heterocycles. The highest BCUT2D eigenvalue weighted by Gasteiger charge is 2.14. The van der Waals surface area contributed by atoms with E-state index in [9.17, 15) is 0 Å². The van der Waals surface area contributed by atoms with Crippen LogP contribution in [0, 0.1) is 0 Å². The van der Waals surface area contributed by atoms with Crippen molar-refractivity contribution in [2.75, 3.05) is 17.6 Å². The summed E-state index contributed by atoms with van der Waals surface area (Å²) in [6.07, 6.45) is 1.79. The van der Waals surface area contributed by atoms with Crippen molar-refractivity contribution < 1.29 is 0 Å². The second kappa shape index (κ2) is 4.17. The summed E-state index contributed by atoms with van der Waals surface area (Å²) in [4.78, 5) is 0. The number of aryl methyl sites for hydroxylation is 1. The number of nitrogens with one attached hydrogen (secondary N) is 1. The predicted molar refractivity (Wildman–Crippen MR) is 60.4 cm³/mol. The van der Waals surface area contributed by atoms with Gasteiger partial charge in [-0.05, 0) is 5.92 Å². The second-order valence-corrected chi connectivity index (χ2v) is 3.60. The molecule has 0 aromatic carbocycles. The first-order valence-corrected chi connectivity index (χ1v) is 4.75. The summed E-state index contributed by atoms with van der Waals surface area (Å²) >= 11 is 0. The van der Waals surface area contributed by atoms with E-state index in [4.69, 9.17) is 5.73 Å². The summed E-state index contributed by atoms with van der Waals surface area (Å²) in [6, 6.07) is 0. The molecule has 0 aliphatic heterocycles. The van der Waals surface area contributed by atoms with E-state index in [1.165, 1.54) is 0 Å². The van der Waals surface area contributed by atoms with E-state index in [1.807, 2.05) is 7.05 Å². The Morgan fingerprint density at radius 2 is 2.29 bits per heavy atom. The van der Waals surface area contributed by atoms with Crippen molar-refractivity contribution in [2.24, 2.45) is 7.05 Å². The van der Waals surface area contributed by atoms with Crippen molar-refractivity contribution in [2.45, 2.75) is 19.8 Å². The van der Waals surface area contributed by atoms with Crippen LogP contribution in [0.3, 0.4) is 0 Å². The molecule has 0 unspecified atom stereocenters. The van der Waals surface area contributed by atoms with Gasteiger partial charge in [-0.1, -0.05) is 19.9 Å². The Morgan fingerprint density at radius 3 is 2.71 bits per heavy atom. The standard InChI is InChI=1S/C10H18N4/c1-5-6-12-10-8(11)9(7(2)3)13-14(10)4/h5,7,12H,1,6,11H2,2-4H3. The zero-order valence-corrected chi connectivity index (χ0v) is 9.04. The van der Waals surface area contributed by atoms with E-state index in [0.717, 1.165) is 17.2 Å². The fourth-order valence-electron chi connectivity index (χ4n) is 1.37. The molecule has 14 heavy (non-hydrogen) atoms. The molecule has 3 N–H and O–H groups in total. The lowest BCUT2D eigenvalue weighted by Crippen LogP contribution is -2.05. The van der Waals surface area contributed by atoms with E-state index < -0.39 is 0 Å². The number of rotatable bonds is 4. The topological polar surface area (TPSA) is 55.9 Å². The minimum absolute atomic E-state index is 0.348. The maximum atomic E-state index is 5.97. The lowest BCUT2D eigenvalue weighted by atomic mass is 10.1. The van der Waals surface area contributed by atoms with Crippen LogP contribution in [0.15, 0.2) is 12.7 Å². The van der Waals surface area contributed by atoms with E-state index in [-0.39, 0.29) is 0 Å². The van der Waals surface area contributed by atoms with Gasteiger partial charge in [-0.15, -0.1) is 6.58 Å². The van der Waals surface area contributed by atoms with Crippen LogP contribution in [0.1, 0.15) is 25.5 Å². The van der Waals surface area contributed by atoms with E-state index >= 15 is 0 Å². The zero-order chi connectivity index (χ0) is 10.7. The number of anilines is 2. The Labute approximate surface area is 84.8 Å². The molecule has 1 aromatic rings. The molecule has 0 aliphatic rings. The third-order valence-corrected chi connectivity index (χ3v) is 2.07. The molecule has 4 heteroatoms. The van der Waals surface area contributed by atoms with Gasteiger partial charge in [0.1, 0.15) is 5.82 Å². The van der Waals surface area contributed by atoms with Crippen LogP contribution < -0.4 is 11.1 Å². The Balaban J connectivity index is 2.98. The highest BCUT2D eigenvalue weighted by atomic mass is 15.3. The lowest BCUT2D eigenvalue weighted by Gasteiger charge is -2.04. The van der Waals surface area contributed by atoms with Gasteiger partial charge in [0.05, 0.1) is 11.4 Å². The first kappa shape index (κ1) is 10.6. The van der Waals surface area contributed by atoms with Gasteiger partial charge in [-0.25, -0.2) is 0 Å². The maximum Gasteiger partial charge on any atom is 0.148 e. The van der Waals surface area contributed by atoms with Crippen LogP contribution in [0.4, 0.5) is 11.5 Å². The third-order valence-electron chi connectivity index (χ3n) is 2.07. The number of nitrogens with zero attached hydrogens (tertiary/aromatic N) is 2. The van der Waals surface area contributed by atoms with Crippen LogP contribution in [0.25, 0.3) is 0 Å². The van der Waals surface area contributed by atoms with E-state index in [0.29, 0.717) is 12.5 Å². The van der Waals surface area contributed by atoms with Crippen molar-refractivity contribution in [3.05, 3.63) is 18.3 Å². The van der Waals surface area contributed by atoms with Gasteiger partial charge in [-0.2, -0.15) is 5.10 Å². The number of hydrogen-bond donors (Lipinski definition) is 2. The van der Waals surface area contributed by atoms with Crippen LogP contribution in [0.5, 0.6) is 0 Å². The Kier molecular flexibility index (Phi) is 3.17. The fraction of sp³-hybridized carbons (Fsp3) is 0.500. The van der Waals surface area contributed by atoms with Gasteiger partial charge in [-0.3, -0.25) is 4.68 Å². The van der Waals surface area contributed by atoms with Crippen LogP contribution >= 0.6 is 0 Å². The normalized spacial score (nSPS) is 10.6. The second-order valence-electron chi connectivity index (χ2n) is 3.60. The molecule has 0 amide bonds.